The summed E-state index contributed by atoms with van der Waals surface area (Å²) in [6, 6.07) is 16.6. The summed E-state index contributed by atoms with van der Waals surface area (Å²) in [6.45, 7) is 4.05. The van der Waals surface area contributed by atoms with Crippen molar-refractivity contribution in [2.75, 3.05) is 0 Å². The predicted molar refractivity (Wildman–Crippen MR) is 100 cm³/mol. The van der Waals surface area contributed by atoms with Crippen molar-refractivity contribution in [3.05, 3.63) is 54.2 Å². The lowest BCUT2D eigenvalue weighted by Gasteiger charge is -2.26. The molecule has 2 aromatic heterocycles. The lowest BCUT2D eigenvalue weighted by molar-refractivity contribution is 0.0260. The number of fused-ring (bicyclic) bond motifs is 5. The Balaban J connectivity index is 2.32. The molecule has 2 heterocycles. The van der Waals surface area contributed by atoms with E-state index in [2.05, 4.69) is 41.9 Å². The number of aromatic nitrogens is 2. The first kappa shape index (κ1) is 15.2. The van der Waals surface area contributed by atoms with Gasteiger partial charge in [0.25, 0.3) is 0 Å². The molecule has 0 saturated heterocycles. The molecule has 0 atom stereocenters. The van der Waals surface area contributed by atoms with Crippen LogP contribution in [0.3, 0.4) is 0 Å². The van der Waals surface area contributed by atoms with Crippen molar-refractivity contribution in [2.24, 2.45) is 7.05 Å². The van der Waals surface area contributed by atoms with Gasteiger partial charge in [-0.3, -0.25) is 0 Å². The Morgan fingerprint density at radius 2 is 1.58 bits per heavy atom. The van der Waals surface area contributed by atoms with E-state index in [1.165, 1.54) is 5.52 Å². The topological polar surface area (TPSA) is 38.1 Å². The van der Waals surface area contributed by atoms with Gasteiger partial charge in [0, 0.05) is 28.7 Å². The van der Waals surface area contributed by atoms with Crippen LogP contribution in [0.2, 0.25) is 0 Å². The van der Waals surface area contributed by atoms with Crippen LogP contribution in [0.4, 0.5) is 0 Å². The molecular weight excluding hydrogens is 296 g/mol. The third-order valence-electron chi connectivity index (χ3n) is 5.35. The maximum Gasteiger partial charge on any atom is 0.107 e. The number of nitrogens with zero attached hydrogens (tertiary/aromatic N) is 2. The first-order chi connectivity index (χ1) is 11.6. The Kier molecular flexibility index (Phi) is 3.36. The van der Waals surface area contributed by atoms with Crippen molar-refractivity contribution in [3.63, 3.8) is 0 Å². The fourth-order valence-corrected chi connectivity index (χ4v) is 3.82. The summed E-state index contributed by atoms with van der Waals surface area (Å²) in [6.07, 6.45) is 1.29. The van der Waals surface area contributed by atoms with E-state index in [0.717, 1.165) is 32.9 Å². The number of hydrogen-bond acceptors (Lipinski definition) is 2. The van der Waals surface area contributed by atoms with Crippen molar-refractivity contribution in [2.45, 2.75) is 32.3 Å². The minimum absolute atomic E-state index is 0.646. The van der Waals surface area contributed by atoms with Crippen molar-refractivity contribution in [1.82, 2.24) is 9.55 Å². The molecule has 0 bridgehead atoms. The molecule has 3 nitrogen and oxygen atoms in total. The molecule has 0 radical (unpaired) electrons. The average Bonchev–Trinajstić information content (AvgIpc) is 2.94. The van der Waals surface area contributed by atoms with Crippen molar-refractivity contribution in [3.8, 4) is 0 Å². The molecule has 0 saturated carbocycles. The zero-order chi connectivity index (χ0) is 16.9. The number of benzene rings is 2. The molecule has 2 aromatic carbocycles. The van der Waals surface area contributed by atoms with Gasteiger partial charge in [0.2, 0.25) is 0 Å². The number of aliphatic hydroxyl groups is 1. The van der Waals surface area contributed by atoms with E-state index in [1.54, 1.807) is 0 Å². The van der Waals surface area contributed by atoms with E-state index in [9.17, 15) is 5.11 Å². The highest BCUT2D eigenvalue weighted by Gasteiger charge is 2.31. The Labute approximate surface area is 141 Å². The molecule has 1 N–H and O–H groups in total. The van der Waals surface area contributed by atoms with Gasteiger partial charge >= 0.3 is 0 Å². The highest BCUT2D eigenvalue weighted by Crippen LogP contribution is 2.40. The molecule has 4 aromatic rings. The summed E-state index contributed by atoms with van der Waals surface area (Å²) in [5, 5.41) is 14.6. The van der Waals surface area contributed by atoms with Crippen LogP contribution >= 0.6 is 0 Å². The lowest BCUT2D eigenvalue weighted by atomic mass is 9.89. The van der Waals surface area contributed by atoms with Crippen LogP contribution in [-0.4, -0.2) is 14.7 Å². The first-order valence-electron chi connectivity index (χ1n) is 8.59. The maximum absolute atomic E-state index is 11.3. The van der Waals surface area contributed by atoms with E-state index < -0.39 is 5.60 Å². The molecule has 0 spiro atoms. The average molecular weight is 318 g/mol. The standard InChI is InChI=1S/C21H22N2O/c1-4-21(24,5-2)20-18-15-11-7-9-13-17(15)23(3)19(18)14-10-6-8-12-16(14)22-20/h6-13,24H,4-5H2,1-3H3. The lowest BCUT2D eigenvalue weighted by Crippen LogP contribution is -2.25. The smallest absolute Gasteiger partial charge is 0.107 e. The molecule has 0 fully saturated rings. The molecule has 0 unspecified atom stereocenters. The van der Waals surface area contributed by atoms with Crippen LogP contribution in [0, 0.1) is 0 Å². The first-order valence-corrected chi connectivity index (χ1v) is 8.59. The van der Waals surface area contributed by atoms with Crippen LogP contribution in [0.1, 0.15) is 32.4 Å². The van der Waals surface area contributed by atoms with Gasteiger partial charge in [0.05, 0.1) is 16.7 Å². The van der Waals surface area contributed by atoms with Gasteiger partial charge in [0.1, 0.15) is 5.60 Å². The third kappa shape index (κ3) is 1.91. The fraction of sp³-hybridized carbons (Fsp3) is 0.286. The fourth-order valence-electron chi connectivity index (χ4n) is 3.82. The number of para-hydroxylation sites is 2. The minimum atomic E-state index is -0.910. The molecule has 0 amide bonds. The predicted octanol–water partition coefficient (Wildman–Crippen LogP) is 4.89. The highest BCUT2D eigenvalue weighted by atomic mass is 16.3. The maximum atomic E-state index is 11.3. The molecule has 0 aliphatic heterocycles. The van der Waals surface area contributed by atoms with Crippen LogP contribution < -0.4 is 0 Å². The Morgan fingerprint density at radius 3 is 2.29 bits per heavy atom. The van der Waals surface area contributed by atoms with E-state index >= 15 is 0 Å². The number of pyridine rings is 1. The summed E-state index contributed by atoms with van der Waals surface area (Å²) in [5.41, 5.74) is 3.15. The molecule has 0 aliphatic carbocycles. The van der Waals surface area contributed by atoms with Crippen LogP contribution in [-0.2, 0) is 12.6 Å². The summed E-state index contributed by atoms with van der Waals surface area (Å²) in [7, 11) is 2.10. The van der Waals surface area contributed by atoms with Crippen LogP contribution in [0.25, 0.3) is 32.7 Å². The molecule has 0 aliphatic rings. The van der Waals surface area contributed by atoms with Crippen LogP contribution in [0.15, 0.2) is 48.5 Å². The van der Waals surface area contributed by atoms with Gasteiger partial charge < -0.3 is 9.67 Å². The molecular formula is C21H22N2O. The molecule has 122 valence electrons. The summed E-state index contributed by atoms with van der Waals surface area (Å²) in [4.78, 5) is 4.92. The molecule has 4 rings (SSSR count). The number of aryl methyl sites for hydroxylation is 1. The second-order valence-corrected chi connectivity index (χ2v) is 6.52. The number of rotatable bonds is 3. The van der Waals surface area contributed by atoms with Crippen LogP contribution in [0.5, 0.6) is 0 Å². The van der Waals surface area contributed by atoms with Crippen molar-refractivity contribution in [1.29, 1.82) is 0 Å². The summed E-state index contributed by atoms with van der Waals surface area (Å²) < 4.78 is 2.23. The second-order valence-electron chi connectivity index (χ2n) is 6.52. The van der Waals surface area contributed by atoms with Gasteiger partial charge in [0.15, 0.2) is 0 Å². The largest absolute Gasteiger partial charge is 0.384 e. The van der Waals surface area contributed by atoms with E-state index in [-0.39, 0.29) is 0 Å². The molecule has 3 heteroatoms. The number of hydrogen-bond donors (Lipinski definition) is 1. The zero-order valence-corrected chi connectivity index (χ0v) is 14.4. The summed E-state index contributed by atoms with van der Waals surface area (Å²) in [5.74, 6) is 0. The summed E-state index contributed by atoms with van der Waals surface area (Å²) >= 11 is 0. The van der Waals surface area contributed by atoms with Gasteiger partial charge in [-0.1, -0.05) is 50.2 Å². The molecule has 24 heavy (non-hydrogen) atoms. The van der Waals surface area contributed by atoms with Gasteiger partial charge in [-0.15, -0.1) is 0 Å². The van der Waals surface area contributed by atoms with E-state index in [4.69, 9.17) is 4.98 Å². The van der Waals surface area contributed by atoms with Crippen molar-refractivity contribution >= 4 is 32.7 Å². The Bertz CT molecular complexity index is 1060. The normalized spacial score (nSPS) is 12.5. The quantitative estimate of drug-likeness (QED) is 0.584. The Morgan fingerprint density at radius 1 is 0.958 bits per heavy atom. The Hall–Kier alpha value is -2.39. The van der Waals surface area contributed by atoms with E-state index in [0.29, 0.717) is 12.8 Å². The highest BCUT2D eigenvalue weighted by molar-refractivity contribution is 6.18. The SMILES string of the molecule is CCC(O)(CC)c1nc2ccccc2c2c1c1ccccc1n2C. The zero-order valence-electron chi connectivity index (χ0n) is 14.4. The van der Waals surface area contributed by atoms with Gasteiger partial charge in [-0.25, -0.2) is 4.98 Å². The second kappa shape index (κ2) is 5.32. The van der Waals surface area contributed by atoms with E-state index in [1.807, 2.05) is 32.0 Å². The monoisotopic (exact) mass is 318 g/mol. The minimum Gasteiger partial charge on any atom is -0.384 e. The third-order valence-corrected chi connectivity index (χ3v) is 5.35. The van der Waals surface area contributed by atoms with Gasteiger partial charge in [-0.2, -0.15) is 0 Å². The van der Waals surface area contributed by atoms with Crippen molar-refractivity contribution < 1.29 is 5.11 Å². The van der Waals surface area contributed by atoms with Gasteiger partial charge in [-0.05, 0) is 25.0 Å².